The van der Waals surface area contributed by atoms with Crippen molar-refractivity contribution < 1.29 is 18.8 Å². The zero-order valence-corrected chi connectivity index (χ0v) is 12.6. The van der Waals surface area contributed by atoms with Gasteiger partial charge in [0.2, 0.25) is 0 Å². The van der Waals surface area contributed by atoms with Crippen LogP contribution >= 0.6 is 0 Å². The first-order valence-corrected chi connectivity index (χ1v) is 7.38. The molecule has 0 radical (unpaired) electrons. The van der Waals surface area contributed by atoms with Gasteiger partial charge in [-0.05, 0) is 18.2 Å². The number of likely N-dealkylation sites (N-methyl/N-ethyl adjacent to an activating group) is 1. The normalized spacial score (nSPS) is 16.7. The van der Waals surface area contributed by atoms with Gasteiger partial charge in [0, 0.05) is 31.1 Å². The zero-order valence-electron chi connectivity index (χ0n) is 12.6. The zero-order chi connectivity index (χ0) is 16.0. The lowest BCUT2D eigenvalue weighted by atomic mass is 10.1. The number of hydrogen-bond acceptors (Lipinski definition) is 5. The number of rotatable bonds is 1. The number of benzene rings is 1. The highest BCUT2D eigenvalue weighted by molar-refractivity contribution is 6.01. The average molecular weight is 313 g/mol. The molecule has 23 heavy (non-hydrogen) atoms. The van der Waals surface area contributed by atoms with Gasteiger partial charge in [0.25, 0.3) is 11.8 Å². The minimum Gasteiger partial charge on any atom is -0.482 e. The number of nitrogens with zero attached hydrogens (tertiary/aromatic N) is 3. The molecular formula is C16H15N3O4. The van der Waals surface area contributed by atoms with Crippen molar-refractivity contribution in [2.45, 2.75) is 13.0 Å². The minimum absolute atomic E-state index is 0.0270. The summed E-state index contributed by atoms with van der Waals surface area (Å²) in [5, 5.41) is 3.93. The fraction of sp³-hybridized carbons (Fsp3) is 0.312. The first kappa shape index (κ1) is 13.8. The first-order chi connectivity index (χ1) is 11.1. The predicted octanol–water partition coefficient (Wildman–Crippen LogP) is 1.23. The molecule has 7 nitrogen and oxygen atoms in total. The number of fused-ring (bicyclic) bond motifs is 2. The molecule has 2 aromatic rings. The van der Waals surface area contributed by atoms with Gasteiger partial charge < -0.3 is 19.1 Å². The summed E-state index contributed by atoms with van der Waals surface area (Å²) in [6.07, 6.45) is 2.27. The summed E-state index contributed by atoms with van der Waals surface area (Å²) in [6, 6.07) is 5.17. The first-order valence-electron chi connectivity index (χ1n) is 7.38. The Morgan fingerprint density at radius 1 is 1.35 bits per heavy atom. The van der Waals surface area contributed by atoms with Crippen LogP contribution in [-0.4, -0.2) is 42.1 Å². The van der Waals surface area contributed by atoms with Crippen molar-refractivity contribution >= 4 is 17.5 Å². The number of carbonyl (C=O) groups is 2. The van der Waals surface area contributed by atoms with Crippen LogP contribution in [0.25, 0.3) is 0 Å². The highest BCUT2D eigenvalue weighted by Gasteiger charge is 2.27. The number of hydrogen-bond donors (Lipinski definition) is 0. The van der Waals surface area contributed by atoms with Gasteiger partial charge in [-0.2, -0.15) is 0 Å². The van der Waals surface area contributed by atoms with Crippen LogP contribution in [0.5, 0.6) is 5.75 Å². The molecule has 4 rings (SSSR count). The van der Waals surface area contributed by atoms with Gasteiger partial charge in [0.1, 0.15) is 12.0 Å². The minimum atomic E-state index is -0.130. The maximum Gasteiger partial charge on any atom is 0.264 e. The molecule has 0 bridgehead atoms. The quantitative estimate of drug-likeness (QED) is 0.791. The van der Waals surface area contributed by atoms with Crippen molar-refractivity contribution in [3.8, 4) is 5.75 Å². The van der Waals surface area contributed by atoms with Crippen LogP contribution < -0.4 is 9.64 Å². The molecule has 2 aliphatic heterocycles. The summed E-state index contributed by atoms with van der Waals surface area (Å²) in [5.74, 6) is 0.406. The van der Waals surface area contributed by atoms with E-state index in [-0.39, 0.29) is 18.4 Å². The monoisotopic (exact) mass is 313 g/mol. The fourth-order valence-electron chi connectivity index (χ4n) is 2.90. The van der Waals surface area contributed by atoms with Crippen LogP contribution in [0.4, 0.5) is 5.69 Å². The van der Waals surface area contributed by atoms with Crippen molar-refractivity contribution in [2.24, 2.45) is 0 Å². The molecule has 0 aliphatic carbocycles. The maximum atomic E-state index is 12.7. The highest BCUT2D eigenvalue weighted by atomic mass is 16.5. The van der Waals surface area contributed by atoms with Crippen LogP contribution in [0.3, 0.4) is 0 Å². The molecule has 2 amide bonds. The van der Waals surface area contributed by atoms with Crippen molar-refractivity contribution in [1.82, 2.24) is 10.1 Å². The molecule has 0 spiro atoms. The Balaban J connectivity index is 1.61. The molecule has 3 heterocycles. The third-order valence-electron chi connectivity index (χ3n) is 4.29. The second-order valence-electron chi connectivity index (χ2n) is 5.69. The lowest BCUT2D eigenvalue weighted by Gasteiger charge is -2.28. The Hall–Kier alpha value is -2.83. The van der Waals surface area contributed by atoms with E-state index < -0.39 is 0 Å². The Morgan fingerprint density at radius 2 is 2.22 bits per heavy atom. The molecule has 0 atom stereocenters. The molecule has 0 saturated heterocycles. The molecule has 1 aromatic heterocycles. The summed E-state index contributed by atoms with van der Waals surface area (Å²) >= 11 is 0. The number of anilines is 1. The fourth-order valence-corrected chi connectivity index (χ4v) is 2.90. The van der Waals surface area contributed by atoms with Gasteiger partial charge in [-0.25, -0.2) is 0 Å². The summed E-state index contributed by atoms with van der Waals surface area (Å²) in [7, 11) is 1.68. The van der Waals surface area contributed by atoms with Gasteiger partial charge in [0.15, 0.2) is 6.61 Å². The van der Waals surface area contributed by atoms with Crippen molar-refractivity contribution in [2.75, 3.05) is 25.1 Å². The Kier molecular flexibility index (Phi) is 3.07. The van der Waals surface area contributed by atoms with E-state index in [2.05, 4.69) is 5.16 Å². The number of amides is 2. The maximum absolute atomic E-state index is 12.7. The molecular weight excluding hydrogens is 298 g/mol. The third-order valence-corrected chi connectivity index (χ3v) is 4.29. The molecule has 2 aliphatic rings. The average Bonchev–Trinajstić information content (AvgIpc) is 3.05. The number of ether oxygens (including phenoxy) is 1. The molecule has 0 saturated carbocycles. The molecule has 118 valence electrons. The van der Waals surface area contributed by atoms with Crippen molar-refractivity contribution in [3.63, 3.8) is 0 Å². The Labute approximate surface area is 132 Å². The van der Waals surface area contributed by atoms with Crippen LogP contribution in [0, 0.1) is 0 Å². The van der Waals surface area contributed by atoms with E-state index in [0.717, 1.165) is 11.3 Å². The Bertz CT molecular complexity index is 798. The summed E-state index contributed by atoms with van der Waals surface area (Å²) < 4.78 is 10.3. The molecule has 0 unspecified atom stereocenters. The van der Waals surface area contributed by atoms with Crippen LogP contribution in [0.1, 0.15) is 21.6 Å². The van der Waals surface area contributed by atoms with E-state index in [1.54, 1.807) is 36.4 Å². The van der Waals surface area contributed by atoms with Gasteiger partial charge in [-0.3, -0.25) is 9.59 Å². The summed E-state index contributed by atoms with van der Waals surface area (Å²) in [6.45, 7) is 1.11. The van der Waals surface area contributed by atoms with Crippen LogP contribution in [0.2, 0.25) is 0 Å². The SMILES string of the molecule is CN1C(=O)COc2ccc(C(=O)N3CCc4nocc4C3)cc21. The summed E-state index contributed by atoms with van der Waals surface area (Å²) in [4.78, 5) is 27.7. The van der Waals surface area contributed by atoms with E-state index in [9.17, 15) is 9.59 Å². The Morgan fingerprint density at radius 3 is 3.09 bits per heavy atom. The molecule has 7 heteroatoms. The smallest absolute Gasteiger partial charge is 0.264 e. The second-order valence-corrected chi connectivity index (χ2v) is 5.69. The summed E-state index contributed by atoms with van der Waals surface area (Å²) in [5.41, 5.74) is 3.01. The number of carbonyl (C=O) groups excluding carboxylic acids is 2. The lowest BCUT2D eigenvalue weighted by molar-refractivity contribution is -0.120. The largest absolute Gasteiger partial charge is 0.482 e. The van der Waals surface area contributed by atoms with E-state index in [4.69, 9.17) is 9.26 Å². The van der Waals surface area contributed by atoms with Gasteiger partial charge >= 0.3 is 0 Å². The number of aromatic nitrogens is 1. The van der Waals surface area contributed by atoms with Crippen molar-refractivity contribution in [1.29, 1.82) is 0 Å². The second kappa shape index (κ2) is 5.12. The van der Waals surface area contributed by atoms with Crippen molar-refractivity contribution in [3.05, 3.63) is 41.3 Å². The van der Waals surface area contributed by atoms with Crippen LogP contribution in [-0.2, 0) is 17.8 Å². The standard InChI is InChI=1S/C16H15N3O4/c1-18-13-6-10(2-3-14(13)22-9-15(18)20)16(21)19-5-4-12-11(7-19)8-23-17-12/h2-3,6,8H,4-5,7,9H2,1H3. The van der Waals surface area contributed by atoms with E-state index >= 15 is 0 Å². The van der Waals surface area contributed by atoms with E-state index in [1.165, 1.54) is 4.90 Å². The third kappa shape index (κ3) is 2.25. The van der Waals surface area contributed by atoms with E-state index in [0.29, 0.717) is 36.5 Å². The molecule has 1 aromatic carbocycles. The lowest BCUT2D eigenvalue weighted by Crippen LogP contribution is -2.37. The van der Waals surface area contributed by atoms with Gasteiger partial charge in [-0.1, -0.05) is 5.16 Å². The molecule has 0 N–H and O–H groups in total. The van der Waals surface area contributed by atoms with Gasteiger partial charge in [-0.15, -0.1) is 0 Å². The molecule has 0 fully saturated rings. The predicted molar refractivity (Wildman–Crippen MR) is 80.3 cm³/mol. The van der Waals surface area contributed by atoms with Crippen LogP contribution in [0.15, 0.2) is 29.0 Å². The topological polar surface area (TPSA) is 75.9 Å². The highest BCUT2D eigenvalue weighted by Crippen LogP contribution is 2.32. The van der Waals surface area contributed by atoms with Gasteiger partial charge in [0.05, 0.1) is 17.9 Å². The van der Waals surface area contributed by atoms with E-state index in [1.807, 2.05) is 0 Å².